The summed E-state index contributed by atoms with van der Waals surface area (Å²) in [6.07, 6.45) is 36.5. The van der Waals surface area contributed by atoms with E-state index in [0.717, 1.165) is 52.1 Å². The Morgan fingerprint density at radius 3 is 1.45 bits per heavy atom. The standard InChI is InChI=1S/C38H71O8P/c1-4-6-8-10-12-14-16-18-19-21-22-24-26-28-30-32-37(39)44-34-36(35-45-47(41,42)43-3)46-38(40)33-31-29-27-25-23-20-17-15-13-11-9-7-5-2/h11,13-14,16,36H,4-10,12,15,17-35H2,1-3H3,(H,41,42)/b13-11-,16-14-/t36-/m1/s1. The second-order valence-electron chi connectivity index (χ2n) is 12.7. The van der Waals surface area contributed by atoms with Crippen LogP contribution >= 0.6 is 7.82 Å². The Kier molecular flexibility index (Phi) is 33.3. The molecule has 276 valence electrons. The molecule has 0 aromatic carbocycles. The summed E-state index contributed by atoms with van der Waals surface area (Å²) in [5.74, 6) is -0.813. The van der Waals surface area contributed by atoms with Gasteiger partial charge in [0.25, 0.3) is 0 Å². The largest absolute Gasteiger partial charge is 0.472 e. The van der Waals surface area contributed by atoms with Crippen LogP contribution in [0, 0.1) is 0 Å². The molecule has 0 bridgehead atoms. The molecule has 0 aliphatic rings. The third-order valence-corrected chi connectivity index (χ3v) is 9.10. The van der Waals surface area contributed by atoms with Crippen molar-refractivity contribution in [3.8, 4) is 0 Å². The van der Waals surface area contributed by atoms with Crippen LogP contribution in [-0.4, -0.2) is 43.3 Å². The molecular formula is C38H71O8P. The molecule has 0 amide bonds. The Bertz CT molecular complexity index is 829. The zero-order valence-corrected chi connectivity index (χ0v) is 31.3. The number of carbonyl (C=O) groups is 2. The first-order chi connectivity index (χ1) is 22.8. The first kappa shape index (κ1) is 45.5. The van der Waals surface area contributed by atoms with E-state index in [-0.39, 0.29) is 25.4 Å². The maximum atomic E-state index is 12.4. The highest BCUT2D eigenvalue weighted by atomic mass is 31.2. The van der Waals surface area contributed by atoms with E-state index in [1.807, 2.05) is 0 Å². The molecule has 0 rings (SSSR count). The Morgan fingerprint density at radius 1 is 0.574 bits per heavy atom. The fourth-order valence-corrected chi connectivity index (χ4v) is 5.62. The van der Waals surface area contributed by atoms with Gasteiger partial charge in [-0.1, -0.05) is 134 Å². The van der Waals surface area contributed by atoms with Gasteiger partial charge in [0, 0.05) is 20.0 Å². The molecule has 47 heavy (non-hydrogen) atoms. The van der Waals surface area contributed by atoms with E-state index >= 15 is 0 Å². The maximum absolute atomic E-state index is 12.4. The number of esters is 2. The third-order valence-electron chi connectivity index (χ3n) is 8.17. The van der Waals surface area contributed by atoms with Gasteiger partial charge in [-0.3, -0.25) is 18.6 Å². The first-order valence-electron chi connectivity index (χ1n) is 19.0. The van der Waals surface area contributed by atoms with Gasteiger partial charge in [-0.25, -0.2) is 4.57 Å². The predicted molar refractivity (Wildman–Crippen MR) is 193 cm³/mol. The highest BCUT2D eigenvalue weighted by Crippen LogP contribution is 2.42. The van der Waals surface area contributed by atoms with Crippen LogP contribution in [-0.2, 0) is 32.7 Å². The minimum Gasteiger partial charge on any atom is -0.462 e. The average Bonchev–Trinajstić information content (AvgIpc) is 3.06. The van der Waals surface area contributed by atoms with Gasteiger partial charge in [0.15, 0.2) is 6.10 Å². The number of hydrogen-bond donors (Lipinski definition) is 1. The van der Waals surface area contributed by atoms with Gasteiger partial charge in [-0.2, -0.15) is 0 Å². The molecule has 0 saturated heterocycles. The minimum absolute atomic E-state index is 0.227. The fraction of sp³-hybridized carbons (Fsp3) is 0.842. The molecule has 1 unspecified atom stereocenters. The summed E-state index contributed by atoms with van der Waals surface area (Å²) in [4.78, 5) is 34.3. The molecule has 0 aliphatic heterocycles. The molecule has 0 radical (unpaired) electrons. The molecule has 9 heteroatoms. The van der Waals surface area contributed by atoms with Crippen molar-refractivity contribution in [2.45, 2.75) is 187 Å². The van der Waals surface area contributed by atoms with Crippen LogP contribution in [0.4, 0.5) is 0 Å². The molecular weight excluding hydrogens is 615 g/mol. The number of rotatable bonds is 35. The number of phosphoric acid groups is 1. The normalized spacial score (nSPS) is 13.7. The quantitative estimate of drug-likeness (QED) is 0.0304. The number of unbranched alkanes of at least 4 members (excludes halogenated alkanes) is 20. The molecule has 0 aromatic heterocycles. The number of carbonyl (C=O) groups excluding carboxylic acids is 2. The van der Waals surface area contributed by atoms with Crippen LogP contribution in [0.2, 0.25) is 0 Å². The van der Waals surface area contributed by atoms with Gasteiger partial charge < -0.3 is 14.4 Å². The van der Waals surface area contributed by atoms with E-state index in [9.17, 15) is 19.0 Å². The van der Waals surface area contributed by atoms with Gasteiger partial charge in [0.05, 0.1) is 6.61 Å². The number of phosphoric ester groups is 1. The molecule has 0 spiro atoms. The second-order valence-corrected chi connectivity index (χ2v) is 14.3. The molecule has 2 atom stereocenters. The van der Waals surface area contributed by atoms with Crippen molar-refractivity contribution in [3.63, 3.8) is 0 Å². The van der Waals surface area contributed by atoms with Crippen molar-refractivity contribution < 1.29 is 37.6 Å². The van der Waals surface area contributed by atoms with Crippen LogP contribution in [0.3, 0.4) is 0 Å². The summed E-state index contributed by atoms with van der Waals surface area (Å²) in [6.45, 7) is 3.83. The lowest BCUT2D eigenvalue weighted by Gasteiger charge is -2.19. The number of allylic oxidation sites excluding steroid dienone is 4. The SMILES string of the molecule is CCCC/C=C\CCCCCCCCCC(=O)O[C@H](COC(=O)CCCCCCCCC/C=C\CCCCCC)COP(=O)(O)OC. The van der Waals surface area contributed by atoms with Crippen LogP contribution in [0.1, 0.15) is 181 Å². The highest BCUT2D eigenvalue weighted by Gasteiger charge is 2.24. The van der Waals surface area contributed by atoms with E-state index in [1.165, 1.54) is 103 Å². The van der Waals surface area contributed by atoms with Gasteiger partial charge >= 0.3 is 19.8 Å². The second kappa shape index (κ2) is 34.4. The topological polar surface area (TPSA) is 108 Å². The van der Waals surface area contributed by atoms with Crippen molar-refractivity contribution in [2.75, 3.05) is 20.3 Å². The lowest BCUT2D eigenvalue weighted by molar-refractivity contribution is -0.161. The van der Waals surface area contributed by atoms with E-state index < -0.39 is 26.5 Å². The summed E-state index contributed by atoms with van der Waals surface area (Å²) < 4.78 is 31.9. The van der Waals surface area contributed by atoms with Gasteiger partial charge in [-0.05, 0) is 57.8 Å². The van der Waals surface area contributed by atoms with Crippen molar-refractivity contribution >= 4 is 19.8 Å². The van der Waals surface area contributed by atoms with Crippen LogP contribution < -0.4 is 0 Å². The summed E-state index contributed by atoms with van der Waals surface area (Å²) in [6, 6.07) is 0. The van der Waals surface area contributed by atoms with Gasteiger partial charge in [0.2, 0.25) is 0 Å². The number of hydrogen-bond acceptors (Lipinski definition) is 7. The predicted octanol–water partition coefficient (Wildman–Crippen LogP) is 11.5. The molecule has 0 heterocycles. The van der Waals surface area contributed by atoms with Gasteiger partial charge in [-0.15, -0.1) is 0 Å². The van der Waals surface area contributed by atoms with Crippen LogP contribution in [0.25, 0.3) is 0 Å². The zero-order valence-electron chi connectivity index (χ0n) is 30.4. The van der Waals surface area contributed by atoms with E-state index in [0.29, 0.717) is 6.42 Å². The lowest BCUT2D eigenvalue weighted by Crippen LogP contribution is -2.29. The van der Waals surface area contributed by atoms with Crippen molar-refractivity contribution in [2.24, 2.45) is 0 Å². The van der Waals surface area contributed by atoms with Crippen LogP contribution in [0.15, 0.2) is 24.3 Å². The first-order valence-corrected chi connectivity index (χ1v) is 20.5. The minimum atomic E-state index is -4.25. The molecule has 1 N–H and O–H groups in total. The monoisotopic (exact) mass is 686 g/mol. The van der Waals surface area contributed by atoms with E-state index in [1.54, 1.807) is 0 Å². The zero-order chi connectivity index (χ0) is 34.7. The molecule has 0 fully saturated rings. The molecule has 0 saturated carbocycles. The Morgan fingerprint density at radius 2 is 0.979 bits per heavy atom. The van der Waals surface area contributed by atoms with E-state index in [4.69, 9.17) is 14.0 Å². The summed E-state index contributed by atoms with van der Waals surface area (Å²) in [5, 5.41) is 0. The summed E-state index contributed by atoms with van der Waals surface area (Å²) in [5.41, 5.74) is 0. The molecule has 0 aromatic rings. The summed E-state index contributed by atoms with van der Waals surface area (Å²) in [7, 11) is -3.20. The van der Waals surface area contributed by atoms with Crippen LogP contribution in [0.5, 0.6) is 0 Å². The Labute approximate surface area is 288 Å². The smallest absolute Gasteiger partial charge is 0.462 e. The Hall–Kier alpha value is -1.47. The summed E-state index contributed by atoms with van der Waals surface area (Å²) >= 11 is 0. The van der Waals surface area contributed by atoms with E-state index in [2.05, 4.69) is 42.7 Å². The fourth-order valence-electron chi connectivity index (χ4n) is 5.16. The third kappa shape index (κ3) is 34.2. The maximum Gasteiger partial charge on any atom is 0.472 e. The van der Waals surface area contributed by atoms with Crippen molar-refractivity contribution in [1.29, 1.82) is 0 Å². The molecule has 8 nitrogen and oxygen atoms in total. The van der Waals surface area contributed by atoms with Crippen molar-refractivity contribution in [3.05, 3.63) is 24.3 Å². The highest BCUT2D eigenvalue weighted by molar-refractivity contribution is 7.47. The Balaban J connectivity index is 4.05. The number of ether oxygens (including phenoxy) is 2. The lowest BCUT2D eigenvalue weighted by atomic mass is 10.1. The van der Waals surface area contributed by atoms with Gasteiger partial charge in [0.1, 0.15) is 6.61 Å². The average molecular weight is 687 g/mol. The van der Waals surface area contributed by atoms with Crippen molar-refractivity contribution in [1.82, 2.24) is 0 Å². The molecule has 0 aliphatic carbocycles.